The maximum absolute atomic E-state index is 5.27. The third kappa shape index (κ3) is 3.65. The molecule has 0 radical (unpaired) electrons. The van der Waals surface area contributed by atoms with Crippen LogP contribution in [0.5, 0.6) is 0 Å². The van der Waals surface area contributed by atoms with E-state index in [1.807, 2.05) is 6.61 Å². The summed E-state index contributed by atoms with van der Waals surface area (Å²) in [5.41, 5.74) is 0. The van der Waals surface area contributed by atoms with Gasteiger partial charge in [-0.25, -0.2) is 6.61 Å². The molecule has 0 aromatic rings. The van der Waals surface area contributed by atoms with Crippen LogP contribution in [0.1, 0.15) is 26.7 Å². The first-order valence-electron chi connectivity index (χ1n) is 3.28. The summed E-state index contributed by atoms with van der Waals surface area (Å²) in [6, 6.07) is 0. The van der Waals surface area contributed by atoms with E-state index >= 15 is 0 Å². The Hall–Kier alpha value is 1.01. The summed E-state index contributed by atoms with van der Waals surface area (Å²) < 4.78 is 5.27. The molecule has 1 rings (SSSR count). The van der Waals surface area contributed by atoms with Gasteiger partial charge in [0.2, 0.25) is 0 Å². The van der Waals surface area contributed by atoms with E-state index < -0.39 is 0 Å². The zero-order chi connectivity index (χ0) is 5.98. The molecule has 0 spiro atoms. The van der Waals surface area contributed by atoms with E-state index in [0.29, 0.717) is 12.0 Å². The maximum Gasteiger partial charge on any atom is 0.0200 e. The summed E-state index contributed by atoms with van der Waals surface area (Å²) in [5, 5.41) is 0. The molecule has 1 unspecified atom stereocenters. The Kier molecular flexibility index (Phi) is 5.31. The van der Waals surface area contributed by atoms with E-state index in [1.165, 1.54) is 12.8 Å². The van der Waals surface area contributed by atoms with Crippen molar-refractivity contribution in [2.45, 2.75) is 32.8 Å². The van der Waals surface area contributed by atoms with E-state index in [2.05, 4.69) is 13.8 Å². The molecule has 0 aromatic heterocycles. The van der Waals surface area contributed by atoms with Crippen molar-refractivity contribution < 1.29 is 35.9 Å². The molecule has 0 saturated carbocycles. The van der Waals surface area contributed by atoms with Crippen LogP contribution >= 0.6 is 0 Å². The Bertz CT molecular complexity index is 57.3. The molecule has 0 aromatic carbocycles. The molecule has 2 atom stereocenters. The van der Waals surface area contributed by atoms with Gasteiger partial charge in [-0.2, -0.15) is 0 Å². The van der Waals surface area contributed by atoms with E-state index in [0.717, 1.165) is 0 Å². The second-order valence-electron chi connectivity index (χ2n) is 2.64. The van der Waals surface area contributed by atoms with Crippen LogP contribution in [-0.2, 0) is 4.74 Å². The van der Waals surface area contributed by atoms with Gasteiger partial charge in [0.1, 0.15) is 0 Å². The van der Waals surface area contributed by atoms with E-state index in [1.54, 1.807) is 0 Å². The number of rotatable bonds is 0. The Morgan fingerprint density at radius 3 is 2.33 bits per heavy atom. The van der Waals surface area contributed by atoms with E-state index in [4.69, 9.17) is 4.74 Å². The van der Waals surface area contributed by atoms with Crippen LogP contribution < -0.4 is 0 Å². The molecule has 2 heteroatoms. The van der Waals surface area contributed by atoms with Crippen molar-refractivity contribution in [3.05, 3.63) is 6.61 Å². The van der Waals surface area contributed by atoms with Gasteiger partial charge in [0.05, 0.1) is 0 Å². The summed E-state index contributed by atoms with van der Waals surface area (Å²) in [7, 11) is 0. The Labute approximate surface area is 80.9 Å². The summed E-state index contributed by atoms with van der Waals surface area (Å²) in [4.78, 5) is 0. The van der Waals surface area contributed by atoms with Gasteiger partial charge in [-0.3, -0.25) is 0 Å². The minimum atomic E-state index is 0. The monoisotopic (exact) mass is 351 g/mol. The Morgan fingerprint density at radius 2 is 2.00 bits per heavy atom. The van der Waals surface area contributed by atoms with Crippen molar-refractivity contribution in [2.75, 3.05) is 0 Å². The first-order chi connectivity index (χ1) is 3.79. The second-order valence-corrected chi connectivity index (χ2v) is 2.64. The zero-order valence-electron chi connectivity index (χ0n) is 6.05. The van der Waals surface area contributed by atoms with Crippen LogP contribution in [0, 0.1) is 43.6 Å². The number of ether oxygens (including phenoxy) is 1. The maximum atomic E-state index is 5.27. The van der Waals surface area contributed by atoms with Gasteiger partial charge >= 0.3 is 0 Å². The Morgan fingerprint density at radius 1 is 1.33 bits per heavy atom. The van der Waals surface area contributed by atoms with E-state index in [-0.39, 0.29) is 31.1 Å². The van der Waals surface area contributed by atoms with Gasteiger partial charge < -0.3 is 4.74 Å². The molecule has 1 heterocycles. The molecule has 9 heavy (non-hydrogen) atoms. The van der Waals surface area contributed by atoms with Crippen molar-refractivity contribution in [1.29, 1.82) is 0 Å². The van der Waals surface area contributed by atoms with Crippen LogP contribution in [0.25, 0.3) is 0 Å². The fraction of sp³-hybridized carbons (Fsp3) is 0.857. The topological polar surface area (TPSA) is 9.23 Å². The van der Waals surface area contributed by atoms with Crippen LogP contribution in [-0.4, -0.2) is 6.10 Å². The van der Waals surface area contributed by atoms with Crippen molar-refractivity contribution in [1.82, 2.24) is 0 Å². The minimum Gasteiger partial charge on any atom is -0.550 e. The first kappa shape index (κ1) is 10.0. The predicted molar refractivity (Wildman–Crippen MR) is 33.2 cm³/mol. The van der Waals surface area contributed by atoms with Crippen LogP contribution in [0.2, 0.25) is 0 Å². The molecule has 0 aliphatic carbocycles. The van der Waals surface area contributed by atoms with Crippen LogP contribution in [0.3, 0.4) is 0 Å². The molecule has 0 N–H and O–H groups in total. The molecule has 1 saturated heterocycles. The van der Waals surface area contributed by atoms with Crippen molar-refractivity contribution in [2.24, 2.45) is 5.92 Å². The second kappa shape index (κ2) is 4.77. The molecule has 1 aliphatic rings. The quantitative estimate of drug-likeness (QED) is 0.607. The van der Waals surface area contributed by atoms with Gasteiger partial charge in [-0.15, -0.1) is 5.92 Å². The standard InChI is InChI=1S/C7H13O.U/c1-6-3-4-7(2)8-5-6;/h5-7H,3-4H2,1-2H3;/q-1;/t6?,7-;/m1./s1. The van der Waals surface area contributed by atoms with Crippen molar-refractivity contribution >= 4 is 0 Å². The van der Waals surface area contributed by atoms with Gasteiger partial charge in [-0.1, -0.05) is 13.3 Å². The smallest absolute Gasteiger partial charge is 0.0200 e. The molecule has 0 amide bonds. The van der Waals surface area contributed by atoms with Crippen molar-refractivity contribution in [3.8, 4) is 0 Å². The van der Waals surface area contributed by atoms with Crippen LogP contribution in [0.15, 0.2) is 0 Å². The first-order valence-corrected chi connectivity index (χ1v) is 3.28. The summed E-state index contributed by atoms with van der Waals surface area (Å²) in [6.45, 7) is 6.25. The van der Waals surface area contributed by atoms with E-state index in [9.17, 15) is 0 Å². The summed E-state index contributed by atoms with van der Waals surface area (Å²) in [5.74, 6) is 0.672. The molecule has 52 valence electrons. The fourth-order valence-corrected chi connectivity index (χ4v) is 0.902. The van der Waals surface area contributed by atoms with Gasteiger partial charge in [0, 0.05) is 37.2 Å². The molecule has 1 nitrogen and oxygen atoms in total. The average molecular weight is 351 g/mol. The van der Waals surface area contributed by atoms with Gasteiger partial charge in [0.15, 0.2) is 0 Å². The van der Waals surface area contributed by atoms with Gasteiger partial charge in [-0.05, 0) is 13.3 Å². The molecule has 1 aliphatic heterocycles. The molecular weight excluding hydrogens is 338 g/mol. The van der Waals surface area contributed by atoms with Crippen LogP contribution in [0.4, 0.5) is 0 Å². The summed E-state index contributed by atoms with van der Waals surface area (Å²) >= 11 is 0. The average Bonchev–Trinajstić information content (AvgIpc) is 1.77. The minimum absolute atomic E-state index is 0. The number of hydrogen-bond donors (Lipinski definition) is 0. The predicted octanol–water partition coefficient (Wildman–Crippen LogP) is 1.98. The fourth-order valence-electron chi connectivity index (χ4n) is 0.902. The third-order valence-electron chi connectivity index (χ3n) is 1.57. The van der Waals surface area contributed by atoms with Gasteiger partial charge in [0.25, 0.3) is 0 Å². The normalized spacial score (nSPS) is 35.3. The number of hydrogen-bond acceptors (Lipinski definition) is 1. The molecule has 1 fully saturated rings. The molecular formula is C7H13OU-. The zero-order valence-corrected chi connectivity index (χ0v) is 10.2. The molecule has 0 bridgehead atoms. The summed E-state index contributed by atoms with van der Waals surface area (Å²) in [6.07, 6.45) is 2.98. The SMILES string of the molecule is CC1[CH-]O[C@H](C)CC1.[U]. The Balaban J connectivity index is 0.000000640. The third-order valence-corrected chi connectivity index (χ3v) is 1.57. The van der Waals surface area contributed by atoms with Crippen molar-refractivity contribution in [3.63, 3.8) is 0 Å². The largest absolute Gasteiger partial charge is 0.550 e.